The highest BCUT2D eigenvalue weighted by atomic mass is 16.2. The molecule has 1 amide bonds. The Morgan fingerprint density at radius 2 is 1.71 bits per heavy atom. The van der Waals surface area contributed by atoms with Gasteiger partial charge in [-0.1, -0.05) is 36.4 Å². The first-order valence-corrected chi connectivity index (χ1v) is 7.27. The number of carbonyl (C=O) groups excluding carboxylic acids is 1. The van der Waals surface area contributed by atoms with Crippen LogP contribution in [0, 0.1) is 0 Å². The fourth-order valence-corrected chi connectivity index (χ4v) is 2.88. The molecule has 1 aliphatic heterocycles. The van der Waals surface area contributed by atoms with Gasteiger partial charge in [0.1, 0.15) is 5.69 Å². The Hall–Kier alpha value is -2.36. The number of benzene rings is 1. The van der Waals surface area contributed by atoms with Crippen LogP contribution in [0.1, 0.15) is 34.8 Å². The van der Waals surface area contributed by atoms with Gasteiger partial charge in [0.2, 0.25) is 5.56 Å². The number of rotatable bonds is 2. The minimum Gasteiger partial charge on any atom is -0.337 e. The second kappa shape index (κ2) is 5.95. The summed E-state index contributed by atoms with van der Waals surface area (Å²) in [6.45, 7) is 1.46. The predicted octanol–water partition coefficient (Wildman–Crippen LogP) is 2.39. The van der Waals surface area contributed by atoms with Crippen LogP contribution in [0.15, 0.2) is 53.3 Å². The van der Waals surface area contributed by atoms with Gasteiger partial charge in [-0.3, -0.25) is 9.59 Å². The Balaban J connectivity index is 1.66. The summed E-state index contributed by atoms with van der Waals surface area (Å²) in [5, 5.41) is 0. The van der Waals surface area contributed by atoms with E-state index in [0.717, 1.165) is 25.9 Å². The van der Waals surface area contributed by atoms with Crippen LogP contribution in [0.3, 0.4) is 0 Å². The maximum absolute atomic E-state index is 12.4. The van der Waals surface area contributed by atoms with E-state index in [4.69, 9.17) is 0 Å². The molecule has 0 radical (unpaired) electrons. The summed E-state index contributed by atoms with van der Waals surface area (Å²) in [5.74, 6) is 0.435. The number of likely N-dealkylation sites (tertiary alicyclic amines) is 1. The van der Waals surface area contributed by atoms with E-state index < -0.39 is 0 Å². The minimum absolute atomic E-state index is 0.0841. The third kappa shape index (κ3) is 3.05. The number of hydrogen-bond donors (Lipinski definition) is 1. The SMILES string of the molecule is O=C(c1cccc(=O)[nH]1)N1CCC(c2ccccc2)CC1. The maximum Gasteiger partial charge on any atom is 0.270 e. The Kier molecular flexibility index (Phi) is 3.86. The molecular weight excluding hydrogens is 264 g/mol. The first-order chi connectivity index (χ1) is 10.2. The van der Waals surface area contributed by atoms with Crippen molar-refractivity contribution in [3.63, 3.8) is 0 Å². The fourth-order valence-electron chi connectivity index (χ4n) is 2.88. The molecule has 1 aromatic carbocycles. The molecule has 0 unspecified atom stereocenters. The lowest BCUT2D eigenvalue weighted by Gasteiger charge is -2.32. The number of nitrogens with one attached hydrogen (secondary N) is 1. The van der Waals surface area contributed by atoms with E-state index in [0.29, 0.717) is 11.6 Å². The third-order valence-corrected chi connectivity index (χ3v) is 4.05. The number of pyridine rings is 1. The van der Waals surface area contributed by atoms with Crippen molar-refractivity contribution in [2.75, 3.05) is 13.1 Å². The number of nitrogens with zero attached hydrogens (tertiary/aromatic N) is 1. The Morgan fingerprint density at radius 3 is 2.38 bits per heavy atom. The number of piperidine rings is 1. The zero-order valence-electron chi connectivity index (χ0n) is 11.8. The lowest BCUT2D eigenvalue weighted by molar-refractivity contribution is 0.0706. The molecule has 4 nitrogen and oxygen atoms in total. The van der Waals surface area contributed by atoms with E-state index in [1.54, 1.807) is 12.1 Å². The molecule has 0 atom stereocenters. The number of amides is 1. The van der Waals surface area contributed by atoms with Crippen LogP contribution in [0.4, 0.5) is 0 Å². The average molecular weight is 282 g/mol. The second-order valence-corrected chi connectivity index (χ2v) is 5.41. The van der Waals surface area contributed by atoms with Crippen molar-refractivity contribution in [1.82, 2.24) is 9.88 Å². The molecule has 0 aliphatic carbocycles. The van der Waals surface area contributed by atoms with E-state index in [1.165, 1.54) is 11.6 Å². The van der Waals surface area contributed by atoms with E-state index in [-0.39, 0.29) is 11.5 Å². The van der Waals surface area contributed by atoms with Crippen molar-refractivity contribution in [2.45, 2.75) is 18.8 Å². The zero-order valence-corrected chi connectivity index (χ0v) is 11.8. The van der Waals surface area contributed by atoms with Crippen LogP contribution < -0.4 is 5.56 Å². The molecule has 21 heavy (non-hydrogen) atoms. The van der Waals surface area contributed by atoms with Gasteiger partial charge in [-0.15, -0.1) is 0 Å². The lowest BCUT2D eigenvalue weighted by atomic mass is 9.89. The van der Waals surface area contributed by atoms with Gasteiger partial charge in [-0.2, -0.15) is 0 Å². The molecule has 3 rings (SSSR count). The highest BCUT2D eigenvalue weighted by Crippen LogP contribution is 2.28. The zero-order chi connectivity index (χ0) is 14.7. The number of carbonyl (C=O) groups is 1. The van der Waals surface area contributed by atoms with Crippen LogP contribution >= 0.6 is 0 Å². The maximum atomic E-state index is 12.4. The number of hydrogen-bond acceptors (Lipinski definition) is 2. The first-order valence-electron chi connectivity index (χ1n) is 7.27. The fraction of sp³-hybridized carbons (Fsp3) is 0.294. The van der Waals surface area contributed by atoms with Gasteiger partial charge in [0.15, 0.2) is 0 Å². The van der Waals surface area contributed by atoms with E-state index in [9.17, 15) is 9.59 Å². The van der Waals surface area contributed by atoms with Crippen molar-refractivity contribution in [3.05, 3.63) is 70.1 Å². The summed E-state index contributed by atoms with van der Waals surface area (Å²) < 4.78 is 0. The second-order valence-electron chi connectivity index (χ2n) is 5.41. The number of aromatic amines is 1. The average Bonchev–Trinajstić information content (AvgIpc) is 2.55. The molecular formula is C17H18N2O2. The van der Waals surface area contributed by atoms with Crippen molar-refractivity contribution in [3.8, 4) is 0 Å². The van der Waals surface area contributed by atoms with Crippen molar-refractivity contribution < 1.29 is 4.79 Å². The molecule has 108 valence electrons. The molecule has 1 saturated heterocycles. The Labute approximate surface area is 123 Å². The van der Waals surface area contributed by atoms with Crippen LogP contribution in [-0.4, -0.2) is 28.9 Å². The topological polar surface area (TPSA) is 53.2 Å². The van der Waals surface area contributed by atoms with Crippen molar-refractivity contribution in [2.24, 2.45) is 0 Å². The highest BCUT2D eigenvalue weighted by Gasteiger charge is 2.24. The quantitative estimate of drug-likeness (QED) is 0.919. The summed E-state index contributed by atoms with van der Waals surface area (Å²) in [6, 6.07) is 15.1. The molecule has 4 heteroatoms. The summed E-state index contributed by atoms with van der Waals surface area (Å²) >= 11 is 0. The van der Waals surface area contributed by atoms with Crippen molar-refractivity contribution in [1.29, 1.82) is 0 Å². The van der Waals surface area contributed by atoms with E-state index in [2.05, 4.69) is 29.2 Å². The predicted molar refractivity (Wildman–Crippen MR) is 81.4 cm³/mol. The lowest BCUT2D eigenvalue weighted by Crippen LogP contribution is -2.38. The van der Waals surface area contributed by atoms with Gasteiger partial charge in [-0.25, -0.2) is 0 Å². The Bertz CT molecular complexity index is 670. The molecule has 0 spiro atoms. The standard InChI is InChI=1S/C17H18N2O2/c20-16-8-4-7-15(18-16)17(21)19-11-9-14(10-12-19)13-5-2-1-3-6-13/h1-8,14H,9-12H2,(H,18,20). The minimum atomic E-state index is -0.236. The summed E-state index contributed by atoms with van der Waals surface area (Å²) in [6.07, 6.45) is 1.93. The first kappa shape index (κ1) is 13.6. The van der Waals surface area contributed by atoms with Crippen molar-refractivity contribution >= 4 is 5.91 Å². The van der Waals surface area contributed by atoms with Crippen LogP contribution in [0.25, 0.3) is 0 Å². The monoisotopic (exact) mass is 282 g/mol. The van der Waals surface area contributed by atoms with Gasteiger partial charge < -0.3 is 9.88 Å². The smallest absolute Gasteiger partial charge is 0.270 e. The number of aromatic nitrogens is 1. The van der Waals surface area contributed by atoms with Crippen LogP contribution in [0.2, 0.25) is 0 Å². The summed E-state index contributed by atoms with van der Waals surface area (Å²) in [5.41, 5.74) is 1.48. The molecule has 1 N–H and O–H groups in total. The molecule has 2 aromatic rings. The van der Waals surface area contributed by atoms with E-state index >= 15 is 0 Å². The van der Waals surface area contributed by atoms with Gasteiger partial charge in [0.05, 0.1) is 0 Å². The molecule has 1 aromatic heterocycles. The third-order valence-electron chi connectivity index (χ3n) is 4.05. The molecule has 0 bridgehead atoms. The summed E-state index contributed by atoms with van der Waals surface area (Å²) in [4.78, 5) is 28.1. The van der Waals surface area contributed by atoms with Crippen LogP contribution in [-0.2, 0) is 0 Å². The highest BCUT2D eigenvalue weighted by molar-refractivity contribution is 5.92. The normalized spacial score (nSPS) is 15.9. The van der Waals surface area contributed by atoms with Gasteiger partial charge >= 0.3 is 0 Å². The molecule has 2 heterocycles. The van der Waals surface area contributed by atoms with E-state index in [1.807, 2.05) is 11.0 Å². The number of H-pyrrole nitrogens is 1. The Morgan fingerprint density at radius 1 is 1.00 bits per heavy atom. The van der Waals surface area contributed by atoms with Gasteiger partial charge in [0.25, 0.3) is 5.91 Å². The van der Waals surface area contributed by atoms with Gasteiger partial charge in [0, 0.05) is 19.2 Å². The molecule has 1 fully saturated rings. The molecule has 0 saturated carbocycles. The summed E-state index contributed by atoms with van der Waals surface area (Å²) in [7, 11) is 0. The molecule has 1 aliphatic rings. The van der Waals surface area contributed by atoms with Crippen LogP contribution in [0.5, 0.6) is 0 Å². The van der Waals surface area contributed by atoms with Gasteiger partial charge in [-0.05, 0) is 30.4 Å². The largest absolute Gasteiger partial charge is 0.337 e.